The van der Waals surface area contributed by atoms with E-state index in [0.29, 0.717) is 11.8 Å². The molecule has 1 aromatic carbocycles. The van der Waals surface area contributed by atoms with E-state index in [0.717, 1.165) is 17.5 Å². The van der Waals surface area contributed by atoms with E-state index in [1.807, 2.05) is 0 Å². The van der Waals surface area contributed by atoms with Crippen LogP contribution in [0.4, 0.5) is 0 Å². The largest absolute Gasteiger partial charge is 0.256 e. The van der Waals surface area contributed by atoms with Crippen molar-refractivity contribution >= 4 is 5.57 Å². The molecule has 0 aliphatic heterocycles. The smallest absolute Gasteiger partial charge is 0.0701 e. The predicted molar refractivity (Wildman–Crippen MR) is 99.0 cm³/mol. The second-order valence-corrected chi connectivity index (χ2v) is 7.68. The molecule has 120 valence electrons. The molecule has 1 heteroatoms. The highest BCUT2D eigenvalue weighted by molar-refractivity contribution is 5.74. The highest BCUT2D eigenvalue weighted by Gasteiger charge is 2.37. The molecule has 2 bridgehead atoms. The highest BCUT2D eigenvalue weighted by atomic mass is 14.7. The first-order valence-corrected chi connectivity index (χ1v) is 9.25. The van der Waals surface area contributed by atoms with Crippen LogP contribution in [0.3, 0.4) is 0 Å². The van der Waals surface area contributed by atoms with Gasteiger partial charge in [-0.1, -0.05) is 55.5 Å². The molecule has 4 atom stereocenters. The lowest BCUT2D eigenvalue weighted by molar-refractivity contribution is 0.637. The Morgan fingerprint density at radius 3 is 2.58 bits per heavy atom. The molecule has 1 fully saturated rings. The zero-order chi connectivity index (χ0) is 16.1. The van der Waals surface area contributed by atoms with Crippen LogP contribution in [-0.2, 0) is 0 Å². The fraction of sp³-hybridized carbons (Fsp3) is 0.348. The van der Waals surface area contributed by atoms with Crippen molar-refractivity contribution < 1.29 is 0 Å². The monoisotopic (exact) mass is 313 g/mol. The number of hydrogen-bond donors (Lipinski definition) is 0. The summed E-state index contributed by atoms with van der Waals surface area (Å²) in [6, 6.07) is 13.2. The SMILES string of the molecule is CC1C=C(c2cc3c(cn2)C2CCC3C2)C=CC1c1ccccc1. The highest BCUT2D eigenvalue weighted by Crippen LogP contribution is 2.53. The number of pyridine rings is 1. The zero-order valence-corrected chi connectivity index (χ0v) is 14.2. The van der Waals surface area contributed by atoms with Crippen LogP contribution in [0.25, 0.3) is 5.57 Å². The molecule has 0 saturated heterocycles. The van der Waals surface area contributed by atoms with Crippen LogP contribution in [0.2, 0.25) is 0 Å². The lowest BCUT2D eigenvalue weighted by Gasteiger charge is -2.24. The van der Waals surface area contributed by atoms with E-state index in [-0.39, 0.29) is 0 Å². The third-order valence-corrected chi connectivity index (χ3v) is 6.25. The maximum atomic E-state index is 4.81. The number of rotatable bonds is 2. The number of benzene rings is 1. The van der Waals surface area contributed by atoms with Gasteiger partial charge in [0.1, 0.15) is 0 Å². The third kappa shape index (κ3) is 2.18. The zero-order valence-electron chi connectivity index (χ0n) is 14.2. The molecule has 5 rings (SSSR count). The summed E-state index contributed by atoms with van der Waals surface area (Å²) in [7, 11) is 0. The summed E-state index contributed by atoms with van der Waals surface area (Å²) in [5.74, 6) is 2.57. The predicted octanol–water partition coefficient (Wildman–Crippen LogP) is 5.82. The minimum absolute atomic E-state index is 0.473. The molecule has 3 aliphatic rings. The van der Waals surface area contributed by atoms with E-state index in [9.17, 15) is 0 Å². The molecule has 2 aromatic rings. The van der Waals surface area contributed by atoms with E-state index < -0.39 is 0 Å². The Balaban J connectivity index is 1.45. The van der Waals surface area contributed by atoms with Crippen LogP contribution in [0.5, 0.6) is 0 Å². The number of nitrogens with zero attached hydrogens (tertiary/aromatic N) is 1. The maximum Gasteiger partial charge on any atom is 0.0701 e. The van der Waals surface area contributed by atoms with Gasteiger partial charge in [-0.15, -0.1) is 0 Å². The number of fused-ring (bicyclic) bond motifs is 5. The first-order chi connectivity index (χ1) is 11.8. The molecular weight excluding hydrogens is 290 g/mol. The fourth-order valence-corrected chi connectivity index (χ4v) is 4.97. The minimum Gasteiger partial charge on any atom is -0.256 e. The maximum absolute atomic E-state index is 4.81. The topological polar surface area (TPSA) is 12.9 Å². The van der Waals surface area contributed by atoms with Gasteiger partial charge in [0.2, 0.25) is 0 Å². The Hall–Kier alpha value is -2.15. The van der Waals surface area contributed by atoms with Crippen LogP contribution in [0.1, 0.15) is 66.3 Å². The fourth-order valence-electron chi connectivity index (χ4n) is 4.97. The Labute approximate surface area is 144 Å². The minimum atomic E-state index is 0.473. The van der Waals surface area contributed by atoms with Gasteiger partial charge in [-0.3, -0.25) is 4.98 Å². The molecule has 1 heterocycles. The molecule has 1 saturated carbocycles. The second-order valence-electron chi connectivity index (χ2n) is 7.68. The van der Waals surface area contributed by atoms with Crippen LogP contribution in [0.15, 0.2) is 60.8 Å². The number of hydrogen-bond acceptors (Lipinski definition) is 1. The van der Waals surface area contributed by atoms with E-state index in [1.165, 1.54) is 36.0 Å². The summed E-state index contributed by atoms with van der Waals surface area (Å²) >= 11 is 0. The lowest BCUT2D eigenvalue weighted by atomic mass is 9.81. The summed E-state index contributed by atoms with van der Waals surface area (Å²) in [4.78, 5) is 4.81. The number of allylic oxidation sites excluding steroid dienone is 4. The van der Waals surface area contributed by atoms with Crippen LogP contribution < -0.4 is 0 Å². The first kappa shape index (κ1) is 14.2. The van der Waals surface area contributed by atoms with Crippen molar-refractivity contribution in [3.8, 4) is 0 Å². The molecule has 4 unspecified atom stereocenters. The van der Waals surface area contributed by atoms with Gasteiger partial charge < -0.3 is 0 Å². The molecule has 1 aromatic heterocycles. The van der Waals surface area contributed by atoms with E-state index >= 15 is 0 Å². The normalized spacial score (nSPS) is 30.3. The lowest BCUT2D eigenvalue weighted by Crippen LogP contribution is -2.10. The average molecular weight is 313 g/mol. The second kappa shape index (κ2) is 5.44. The van der Waals surface area contributed by atoms with E-state index in [2.05, 4.69) is 67.7 Å². The van der Waals surface area contributed by atoms with Crippen molar-refractivity contribution in [3.05, 3.63) is 83.2 Å². The van der Waals surface area contributed by atoms with Gasteiger partial charge in [0.15, 0.2) is 0 Å². The molecule has 24 heavy (non-hydrogen) atoms. The van der Waals surface area contributed by atoms with Crippen molar-refractivity contribution in [1.82, 2.24) is 4.98 Å². The van der Waals surface area contributed by atoms with Crippen LogP contribution in [-0.4, -0.2) is 4.98 Å². The van der Waals surface area contributed by atoms with Crippen molar-refractivity contribution in [2.24, 2.45) is 5.92 Å². The summed E-state index contributed by atoms with van der Waals surface area (Å²) in [6.45, 7) is 2.32. The Kier molecular flexibility index (Phi) is 3.22. The standard InChI is InChI=1S/C23H23N/c1-15-11-19(9-10-20(15)16-5-3-2-4-6-16)23-13-21-17-7-8-18(12-17)22(21)14-24-23/h2-6,9-11,13-15,17-18,20H,7-8,12H2,1H3. The van der Waals surface area contributed by atoms with E-state index in [1.54, 1.807) is 5.56 Å². The van der Waals surface area contributed by atoms with Gasteiger partial charge in [0, 0.05) is 12.1 Å². The van der Waals surface area contributed by atoms with Gasteiger partial charge in [-0.2, -0.15) is 0 Å². The van der Waals surface area contributed by atoms with Crippen molar-refractivity contribution in [1.29, 1.82) is 0 Å². The summed E-state index contributed by atoms with van der Waals surface area (Å²) in [5, 5.41) is 0. The summed E-state index contributed by atoms with van der Waals surface area (Å²) < 4.78 is 0. The quantitative estimate of drug-likeness (QED) is 0.681. The van der Waals surface area contributed by atoms with Crippen molar-refractivity contribution in [3.63, 3.8) is 0 Å². The number of aromatic nitrogens is 1. The molecule has 1 nitrogen and oxygen atoms in total. The van der Waals surface area contributed by atoms with Gasteiger partial charge >= 0.3 is 0 Å². The Bertz CT molecular complexity index is 830. The van der Waals surface area contributed by atoms with Crippen molar-refractivity contribution in [2.45, 2.75) is 43.9 Å². The average Bonchev–Trinajstić information content (AvgIpc) is 3.24. The third-order valence-electron chi connectivity index (χ3n) is 6.25. The Morgan fingerprint density at radius 1 is 1.00 bits per heavy atom. The molecule has 3 aliphatic carbocycles. The molecule has 0 spiro atoms. The van der Waals surface area contributed by atoms with Crippen molar-refractivity contribution in [2.75, 3.05) is 0 Å². The molecular formula is C23H23N. The van der Waals surface area contributed by atoms with Crippen LogP contribution >= 0.6 is 0 Å². The molecule has 0 N–H and O–H groups in total. The molecule has 0 amide bonds. The van der Waals surface area contributed by atoms with Gasteiger partial charge in [-0.25, -0.2) is 0 Å². The molecule has 0 radical (unpaired) electrons. The van der Waals surface area contributed by atoms with Gasteiger partial charge in [-0.05, 0) is 65.3 Å². The summed E-state index contributed by atoms with van der Waals surface area (Å²) in [6.07, 6.45) is 13.3. The van der Waals surface area contributed by atoms with Gasteiger partial charge in [0.05, 0.1) is 5.69 Å². The Morgan fingerprint density at radius 2 is 1.79 bits per heavy atom. The van der Waals surface area contributed by atoms with E-state index in [4.69, 9.17) is 4.98 Å². The van der Waals surface area contributed by atoms with Crippen LogP contribution in [0, 0.1) is 5.92 Å². The van der Waals surface area contributed by atoms with Gasteiger partial charge in [0.25, 0.3) is 0 Å². The summed E-state index contributed by atoms with van der Waals surface area (Å²) in [5.41, 5.74) is 6.97. The first-order valence-electron chi connectivity index (χ1n) is 9.25.